The number of hydrogen-bond donors (Lipinski definition) is 0. The van der Waals surface area contributed by atoms with Gasteiger partial charge in [-0.3, -0.25) is 0 Å². The van der Waals surface area contributed by atoms with Gasteiger partial charge in [0.1, 0.15) is 11.6 Å². The van der Waals surface area contributed by atoms with Crippen molar-refractivity contribution in [3.63, 3.8) is 0 Å². The number of hydrogen-bond acceptors (Lipinski definition) is 2. The molecule has 0 radical (unpaired) electrons. The molecule has 4 aromatic rings. The molecule has 3 nitrogen and oxygen atoms in total. The summed E-state index contributed by atoms with van der Waals surface area (Å²) in [5.41, 5.74) is 4.55. The van der Waals surface area contributed by atoms with Crippen LogP contribution in [0.15, 0.2) is 72.8 Å². The minimum Gasteiger partial charge on any atom is -0.492 e. The van der Waals surface area contributed by atoms with Crippen molar-refractivity contribution in [2.24, 2.45) is 0 Å². The van der Waals surface area contributed by atoms with Crippen molar-refractivity contribution in [2.75, 3.05) is 6.61 Å². The summed E-state index contributed by atoms with van der Waals surface area (Å²) in [5, 5.41) is 0.645. The number of imidazole rings is 1. The fourth-order valence-electron chi connectivity index (χ4n) is 3.30. The Labute approximate surface area is 164 Å². The van der Waals surface area contributed by atoms with Gasteiger partial charge in [0.2, 0.25) is 0 Å². The molecule has 1 aromatic heterocycles. The van der Waals surface area contributed by atoms with Crippen LogP contribution in [-0.4, -0.2) is 16.2 Å². The molecule has 4 heteroatoms. The zero-order valence-electron chi connectivity index (χ0n) is 15.2. The summed E-state index contributed by atoms with van der Waals surface area (Å²) in [6.45, 7) is 3.55. The molecule has 3 aromatic carbocycles. The van der Waals surface area contributed by atoms with Gasteiger partial charge >= 0.3 is 0 Å². The molecule has 0 saturated carbocycles. The maximum Gasteiger partial charge on any atom is 0.141 e. The van der Waals surface area contributed by atoms with Crippen LogP contribution in [0.4, 0.5) is 0 Å². The third kappa shape index (κ3) is 3.69. The quantitative estimate of drug-likeness (QED) is 0.378. The van der Waals surface area contributed by atoms with E-state index >= 15 is 0 Å². The lowest BCUT2D eigenvalue weighted by Gasteiger charge is -2.12. The molecule has 0 amide bonds. The van der Waals surface area contributed by atoms with Crippen LogP contribution in [0.25, 0.3) is 22.4 Å². The molecule has 0 spiro atoms. The molecule has 0 saturated heterocycles. The topological polar surface area (TPSA) is 27.1 Å². The average molecular weight is 377 g/mol. The van der Waals surface area contributed by atoms with Gasteiger partial charge in [-0.15, -0.1) is 0 Å². The molecular formula is C23H21ClN2O. The number of rotatable bonds is 6. The van der Waals surface area contributed by atoms with Crippen molar-refractivity contribution in [3.8, 4) is 17.1 Å². The first-order valence-corrected chi connectivity index (χ1v) is 9.50. The summed E-state index contributed by atoms with van der Waals surface area (Å²) in [6, 6.07) is 24.2. The standard InChI is InChI=1S/C23H21ClN2O/c1-17-9-2-3-10-18(17)23-25-20-12-5-6-13-21(20)26(23)15-8-16-27-22-14-7-4-11-19(22)24/h2-7,9-14H,8,15-16H2,1H3. The second-order valence-electron chi connectivity index (χ2n) is 6.52. The van der Waals surface area contributed by atoms with E-state index in [0.717, 1.165) is 35.6 Å². The van der Waals surface area contributed by atoms with Gasteiger partial charge in [0.05, 0.1) is 22.7 Å². The molecular weight excluding hydrogens is 356 g/mol. The van der Waals surface area contributed by atoms with E-state index in [4.69, 9.17) is 21.3 Å². The van der Waals surface area contributed by atoms with Crippen LogP contribution in [0.2, 0.25) is 5.02 Å². The SMILES string of the molecule is Cc1ccccc1-c1nc2ccccc2n1CCCOc1ccccc1Cl. The third-order valence-electron chi connectivity index (χ3n) is 4.66. The molecule has 0 aliphatic carbocycles. The van der Waals surface area contributed by atoms with Crippen LogP contribution in [0.3, 0.4) is 0 Å². The number of fused-ring (bicyclic) bond motifs is 1. The van der Waals surface area contributed by atoms with Crippen LogP contribution in [0, 0.1) is 6.92 Å². The molecule has 0 atom stereocenters. The Morgan fingerprint density at radius 1 is 0.926 bits per heavy atom. The van der Waals surface area contributed by atoms with E-state index in [1.807, 2.05) is 30.3 Å². The Morgan fingerprint density at radius 3 is 2.52 bits per heavy atom. The molecule has 27 heavy (non-hydrogen) atoms. The zero-order chi connectivity index (χ0) is 18.6. The Bertz CT molecular complexity index is 1070. The highest BCUT2D eigenvalue weighted by Crippen LogP contribution is 2.28. The largest absolute Gasteiger partial charge is 0.492 e. The van der Waals surface area contributed by atoms with Crippen molar-refractivity contribution in [1.82, 2.24) is 9.55 Å². The van der Waals surface area contributed by atoms with Crippen molar-refractivity contribution >= 4 is 22.6 Å². The predicted molar refractivity (Wildman–Crippen MR) is 111 cm³/mol. The van der Waals surface area contributed by atoms with Gasteiger partial charge in [0.15, 0.2) is 0 Å². The molecule has 1 heterocycles. The van der Waals surface area contributed by atoms with Crippen molar-refractivity contribution in [1.29, 1.82) is 0 Å². The Kier molecular flexibility index (Phi) is 5.12. The van der Waals surface area contributed by atoms with Gasteiger partial charge < -0.3 is 9.30 Å². The Balaban J connectivity index is 1.58. The zero-order valence-corrected chi connectivity index (χ0v) is 16.0. The number of aryl methyl sites for hydroxylation is 2. The molecule has 4 rings (SSSR count). The average Bonchev–Trinajstić information content (AvgIpc) is 3.05. The summed E-state index contributed by atoms with van der Waals surface area (Å²) in [5.74, 6) is 1.74. The van der Waals surface area contributed by atoms with E-state index in [0.29, 0.717) is 11.6 Å². The van der Waals surface area contributed by atoms with E-state index in [1.165, 1.54) is 11.1 Å². The van der Waals surface area contributed by atoms with Crippen LogP contribution < -0.4 is 4.74 Å². The molecule has 0 aliphatic heterocycles. The highest BCUT2D eigenvalue weighted by Gasteiger charge is 2.13. The van der Waals surface area contributed by atoms with Gasteiger partial charge in [-0.05, 0) is 43.2 Å². The number of aromatic nitrogens is 2. The second kappa shape index (κ2) is 7.85. The van der Waals surface area contributed by atoms with Gasteiger partial charge in [0, 0.05) is 12.1 Å². The van der Waals surface area contributed by atoms with Crippen LogP contribution in [0.1, 0.15) is 12.0 Å². The fourth-order valence-corrected chi connectivity index (χ4v) is 3.49. The summed E-state index contributed by atoms with van der Waals surface area (Å²) in [6.07, 6.45) is 0.866. The van der Waals surface area contributed by atoms with E-state index in [9.17, 15) is 0 Å². The number of benzene rings is 3. The smallest absolute Gasteiger partial charge is 0.141 e. The molecule has 0 bridgehead atoms. The predicted octanol–water partition coefficient (Wildman–Crippen LogP) is 6.13. The maximum atomic E-state index is 6.16. The summed E-state index contributed by atoms with van der Waals surface area (Å²) >= 11 is 6.16. The normalized spacial score (nSPS) is 11.0. The highest BCUT2D eigenvalue weighted by molar-refractivity contribution is 6.32. The van der Waals surface area contributed by atoms with E-state index in [1.54, 1.807) is 0 Å². The van der Waals surface area contributed by atoms with Gasteiger partial charge in [0.25, 0.3) is 0 Å². The Morgan fingerprint density at radius 2 is 1.67 bits per heavy atom. The molecule has 0 fully saturated rings. The van der Waals surface area contributed by atoms with E-state index in [-0.39, 0.29) is 0 Å². The lowest BCUT2D eigenvalue weighted by atomic mass is 10.1. The summed E-state index contributed by atoms with van der Waals surface area (Å²) in [7, 11) is 0. The number of para-hydroxylation sites is 3. The van der Waals surface area contributed by atoms with Crippen LogP contribution in [0.5, 0.6) is 5.75 Å². The summed E-state index contributed by atoms with van der Waals surface area (Å²) < 4.78 is 8.14. The van der Waals surface area contributed by atoms with Crippen LogP contribution >= 0.6 is 11.6 Å². The van der Waals surface area contributed by atoms with Gasteiger partial charge in [-0.25, -0.2) is 4.98 Å². The lowest BCUT2D eigenvalue weighted by Crippen LogP contribution is -2.06. The minimum absolute atomic E-state index is 0.601. The minimum atomic E-state index is 0.601. The second-order valence-corrected chi connectivity index (χ2v) is 6.93. The molecule has 0 aliphatic rings. The summed E-state index contributed by atoms with van der Waals surface area (Å²) in [4.78, 5) is 4.90. The van der Waals surface area contributed by atoms with E-state index < -0.39 is 0 Å². The van der Waals surface area contributed by atoms with Crippen molar-refractivity contribution in [2.45, 2.75) is 19.9 Å². The molecule has 0 N–H and O–H groups in total. The van der Waals surface area contributed by atoms with Crippen LogP contribution in [-0.2, 0) is 6.54 Å². The van der Waals surface area contributed by atoms with Gasteiger partial charge in [-0.1, -0.05) is 60.1 Å². The van der Waals surface area contributed by atoms with Gasteiger partial charge in [-0.2, -0.15) is 0 Å². The van der Waals surface area contributed by atoms with Crippen molar-refractivity contribution < 1.29 is 4.74 Å². The number of halogens is 1. The first-order chi connectivity index (χ1) is 13.2. The maximum absolute atomic E-state index is 6.16. The number of ether oxygens (including phenoxy) is 1. The van der Waals surface area contributed by atoms with E-state index in [2.05, 4.69) is 54.0 Å². The lowest BCUT2D eigenvalue weighted by molar-refractivity contribution is 0.303. The van der Waals surface area contributed by atoms with Crippen molar-refractivity contribution in [3.05, 3.63) is 83.4 Å². The first-order valence-electron chi connectivity index (χ1n) is 9.12. The fraction of sp³-hybridized carbons (Fsp3) is 0.174. The third-order valence-corrected chi connectivity index (χ3v) is 4.97. The first kappa shape index (κ1) is 17.6. The molecule has 0 unspecified atom stereocenters. The highest BCUT2D eigenvalue weighted by atomic mass is 35.5. The Hall–Kier alpha value is -2.78. The number of nitrogens with zero attached hydrogens (tertiary/aromatic N) is 2. The monoisotopic (exact) mass is 376 g/mol. The molecule has 136 valence electrons.